The Morgan fingerprint density at radius 3 is 3.29 bits per heavy atom. The number of hydrogen-bond donors (Lipinski definition) is 0. The highest BCUT2D eigenvalue weighted by molar-refractivity contribution is 5.08. The summed E-state index contributed by atoms with van der Waals surface area (Å²) in [6.45, 7) is 5.49. The van der Waals surface area contributed by atoms with E-state index in [-0.39, 0.29) is 0 Å². The molecule has 0 N–H and O–H groups in total. The standard InChI is InChI=1S/C14H20N2O/c1-11-7-13-4-6-16(10-14(13)17-11)9-12-3-2-5-15-8-12/h2-3,5,8,11,13-14H,4,6-7,9-10H2,1H3/t11-,13-,14+/m0/s1. The summed E-state index contributed by atoms with van der Waals surface area (Å²) in [6, 6.07) is 4.16. The predicted molar refractivity (Wildman–Crippen MR) is 66.6 cm³/mol. The van der Waals surface area contributed by atoms with Gasteiger partial charge in [-0.3, -0.25) is 9.88 Å². The summed E-state index contributed by atoms with van der Waals surface area (Å²) >= 11 is 0. The van der Waals surface area contributed by atoms with Crippen molar-refractivity contribution in [2.45, 2.75) is 38.5 Å². The van der Waals surface area contributed by atoms with Crippen molar-refractivity contribution in [2.75, 3.05) is 13.1 Å². The minimum Gasteiger partial charge on any atom is -0.374 e. The van der Waals surface area contributed by atoms with Gasteiger partial charge in [0.05, 0.1) is 12.2 Å². The third-order valence-electron chi connectivity index (χ3n) is 3.95. The Hall–Kier alpha value is -0.930. The fraction of sp³-hybridized carbons (Fsp3) is 0.643. The first kappa shape index (κ1) is 11.2. The quantitative estimate of drug-likeness (QED) is 0.780. The van der Waals surface area contributed by atoms with Gasteiger partial charge in [0.1, 0.15) is 0 Å². The van der Waals surface area contributed by atoms with E-state index in [9.17, 15) is 0 Å². The fourth-order valence-corrected chi connectivity index (χ4v) is 3.13. The van der Waals surface area contributed by atoms with Crippen LogP contribution in [0.2, 0.25) is 0 Å². The van der Waals surface area contributed by atoms with Gasteiger partial charge in [-0.25, -0.2) is 0 Å². The molecule has 0 amide bonds. The van der Waals surface area contributed by atoms with Crippen LogP contribution >= 0.6 is 0 Å². The summed E-state index contributed by atoms with van der Waals surface area (Å²) in [5.41, 5.74) is 1.30. The van der Waals surface area contributed by atoms with Crippen molar-refractivity contribution in [3.63, 3.8) is 0 Å². The van der Waals surface area contributed by atoms with Gasteiger partial charge in [0, 0.05) is 25.5 Å². The van der Waals surface area contributed by atoms with Crippen molar-refractivity contribution in [1.82, 2.24) is 9.88 Å². The Morgan fingerprint density at radius 1 is 1.53 bits per heavy atom. The topological polar surface area (TPSA) is 25.4 Å². The molecule has 0 bridgehead atoms. The Kier molecular flexibility index (Phi) is 3.12. The van der Waals surface area contributed by atoms with Gasteiger partial charge in [0.2, 0.25) is 0 Å². The van der Waals surface area contributed by atoms with Crippen LogP contribution in [-0.2, 0) is 11.3 Å². The summed E-state index contributed by atoms with van der Waals surface area (Å²) in [6.07, 6.45) is 7.27. The van der Waals surface area contributed by atoms with Crippen molar-refractivity contribution in [3.8, 4) is 0 Å². The van der Waals surface area contributed by atoms with Crippen LogP contribution in [0.15, 0.2) is 24.5 Å². The summed E-state index contributed by atoms with van der Waals surface area (Å²) in [4.78, 5) is 6.67. The van der Waals surface area contributed by atoms with Gasteiger partial charge in [-0.2, -0.15) is 0 Å². The van der Waals surface area contributed by atoms with E-state index in [0.717, 1.165) is 19.0 Å². The molecule has 0 spiro atoms. The molecule has 0 saturated carbocycles. The number of likely N-dealkylation sites (tertiary alicyclic amines) is 1. The fourth-order valence-electron chi connectivity index (χ4n) is 3.13. The van der Waals surface area contributed by atoms with E-state index in [1.807, 2.05) is 18.5 Å². The van der Waals surface area contributed by atoms with Gasteiger partial charge in [-0.15, -0.1) is 0 Å². The molecule has 0 unspecified atom stereocenters. The van der Waals surface area contributed by atoms with Crippen LogP contribution in [0.5, 0.6) is 0 Å². The van der Waals surface area contributed by atoms with E-state index >= 15 is 0 Å². The van der Waals surface area contributed by atoms with Crippen LogP contribution in [0.25, 0.3) is 0 Å². The maximum atomic E-state index is 5.98. The molecule has 3 atom stereocenters. The van der Waals surface area contributed by atoms with E-state index < -0.39 is 0 Å². The van der Waals surface area contributed by atoms with Gasteiger partial charge < -0.3 is 4.74 Å². The summed E-state index contributed by atoms with van der Waals surface area (Å²) in [5, 5.41) is 0. The van der Waals surface area contributed by atoms with Gasteiger partial charge >= 0.3 is 0 Å². The van der Waals surface area contributed by atoms with Crippen molar-refractivity contribution < 1.29 is 4.74 Å². The van der Waals surface area contributed by atoms with Gasteiger partial charge in [-0.1, -0.05) is 6.07 Å². The minimum absolute atomic E-state index is 0.461. The highest BCUT2D eigenvalue weighted by Gasteiger charge is 2.37. The molecular weight excluding hydrogens is 212 g/mol. The molecule has 2 fully saturated rings. The SMILES string of the molecule is C[C@H]1C[C@@H]2CCN(Cc3cccnc3)C[C@H]2O1. The average molecular weight is 232 g/mol. The normalized spacial score (nSPS) is 33.6. The largest absolute Gasteiger partial charge is 0.374 e. The number of fused-ring (bicyclic) bond motifs is 1. The number of hydrogen-bond acceptors (Lipinski definition) is 3. The monoisotopic (exact) mass is 232 g/mol. The number of rotatable bonds is 2. The smallest absolute Gasteiger partial charge is 0.0735 e. The molecule has 0 aliphatic carbocycles. The number of nitrogens with zero attached hydrogens (tertiary/aromatic N) is 2. The van der Waals surface area contributed by atoms with E-state index in [1.165, 1.54) is 24.9 Å². The van der Waals surface area contributed by atoms with Crippen LogP contribution < -0.4 is 0 Å². The summed E-state index contributed by atoms with van der Waals surface area (Å²) in [5.74, 6) is 0.801. The molecule has 0 radical (unpaired) electrons. The zero-order valence-electron chi connectivity index (χ0n) is 10.4. The minimum atomic E-state index is 0.461. The Bertz CT molecular complexity index is 368. The third-order valence-corrected chi connectivity index (χ3v) is 3.95. The molecule has 2 aliphatic heterocycles. The van der Waals surface area contributed by atoms with Gasteiger partial charge in [0.25, 0.3) is 0 Å². The lowest BCUT2D eigenvalue weighted by atomic mass is 9.92. The molecule has 3 heterocycles. The molecular formula is C14H20N2O. The molecule has 3 rings (SSSR count). The van der Waals surface area contributed by atoms with Crippen molar-refractivity contribution in [2.24, 2.45) is 5.92 Å². The highest BCUT2D eigenvalue weighted by atomic mass is 16.5. The van der Waals surface area contributed by atoms with E-state index in [2.05, 4.69) is 22.9 Å². The zero-order valence-corrected chi connectivity index (χ0v) is 10.4. The maximum Gasteiger partial charge on any atom is 0.0735 e. The average Bonchev–Trinajstić information content (AvgIpc) is 2.70. The molecule has 3 heteroatoms. The number of ether oxygens (including phenoxy) is 1. The number of piperidine rings is 1. The second-order valence-electron chi connectivity index (χ2n) is 5.37. The van der Waals surface area contributed by atoms with Crippen LogP contribution in [0.1, 0.15) is 25.3 Å². The summed E-state index contributed by atoms with van der Waals surface area (Å²) < 4.78 is 5.98. The number of pyridine rings is 1. The Balaban J connectivity index is 1.60. The Labute approximate surface area is 103 Å². The maximum absolute atomic E-state index is 5.98. The first-order chi connectivity index (χ1) is 8.31. The highest BCUT2D eigenvalue weighted by Crippen LogP contribution is 2.33. The molecule has 3 nitrogen and oxygen atoms in total. The van der Waals surface area contributed by atoms with E-state index in [4.69, 9.17) is 4.74 Å². The lowest BCUT2D eigenvalue weighted by Gasteiger charge is -2.34. The first-order valence-electron chi connectivity index (χ1n) is 6.58. The molecule has 0 aromatic carbocycles. The molecule has 1 aromatic rings. The molecule has 17 heavy (non-hydrogen) atoms. The first-order valence-corrected chi connectivity index (χ1v) is 6.58. The second kappa shape index (κ2) is 4.75. The van der Waals surface area contributed by atoms with Gasteiger partial charge in [0.15, 0.2) is 0 Å². The molecule has 2 saturated heterocycles. The van der Waals surface area contributed by atoms with E-state index in [1.54, 1.807) is 0 Å². The van der Waals surface area contributed by atoms with Crippen molar-refractivity contribution >= 4 is 0 Å². The van der Waals surface area contributed by atoms with Crippen molar-refractivity contribution in [1.29, 1.82) is 0 Å². The second-order valence-corrected chi connectivity index (χ2v) is 5.37. The lowest BCUT2D eigenvalue weighted by molar-refractivity contribution is -0.00278. The van der Waals surface area contributed by atoms with Crippen LogP contribution in [0.4, 0.5) is 0 Å². The summed E-state index contributed by atoms with van der Waals surface area (Å²) in [7, 11) is 0. The van der Waals surface area contributed by atoms with Gasteiger partial charge in [-0.05, 0) is 43.9 Å². The predicted octanol–water partition coefficient (Wildman–Crippen LogP) is 2.08. The Morgan fingerprint density at radius 2 is 2.47 bits per heavy atom. The number of aromatic nitrogens is 1. The lowest BCUT2D eigenvalue weighted by Crippen LogP contribution is -2.41. The van der Waals surface area contributed by atoms with E-state index in [0.29, 0.717) is 12.2 Å². The molecule has 1 aromatic heterocycles. The van der Waals surface area contributed by atoms with Crippen LogP contribution in [0, 0.1) is 5.92 Å². The third kappa shape index (κ3) is 2.50. The molecule has 2 aliphatic rings. The van der Waals surface area contributed by atoms with Crippen molar-refractivity contribution in [3.05, 3.63) is 30.1 Å². The zero-order chi connectivity index (χ0) is 11.7. The molecule has 92 valence electrons. The van der Waals surface area contributed by atoms with Crippen LogP contribution in [0.3, 0.4) is 0 Å². The van der Waals surface area contributed by atoms with Crippen LogP contribution in [-0.4, -0.2) is 35.2 Å².